The van der Waals surface area contributed by atoms with Gasteiger partial charge < -0.3 is 11.5 Å². The minimum absolute atomic E-state index is 0.133. The smallest absolute Gasteiger partial charge is 0.122 e. The third kappa shape index (κ3) is 4.12. The summed E-state index contributed by atoms with van der Waals surface area (Å²) in [5.41, 5.74) is 15.4. The summed E-state index contributed by atoms with van der Waals surface area (Å²) >= 11 is 0. The van der Waals surface area contributed by atoms with Crippen molar-refractivity contribution in [3.05, 3.63) is 65.2 Å². The SMILES string of the molecule is N=C(N)c1cccc(CCCCc2ccc(N)cc2)c1. The lowest BCUT2D eigenvalue weighted by Gasteiger charge is -2.05. The van der Waals surface area contributed by atoms with Crippen LogP contribution in [0.3, 0.4) is 0 Å². The van der Waals surface area contributed by atoms with Gasteiger partial charge in [0.25, 0.3) is 0 Å². The number of unbranched alkanes of at least 4 members (excludes halogenated alkanes) is 1. The van der Waals surface area contributed by atoms with E-state index in [1.54, 1.807) is 0 Å². The number of hydrogen-bond acceptors (Lipinski definition) is 2. The largest absolute Gasteiger partial charge is 0.399 e. The molecule has 3 nitrogen and oxygen atoms in total. The molecule has 0 unspecified atom stereocenters. The van der Waals surface area contributed by atoms with Crippen molar-refractivity contribution < 1.29 is 0 Å². The molecule has 0 amide bonds. The standard InChI is InChI=1S/C17H21N3/c18-16-10-8-13(9-11-16)4-1-2-5-14-6-3-7-15(12-14)17(19)20/h3,6-12H,1-2,4-5,18H2,(H3,19,20). The first-order valence-electron chi connectivity index (χ1n) is 6.93. The Morgan fingerprint density at radius 1 is 0.900 bits per heavy atom. The maximum absolute atomic E-state index is 7.44. The molecule has 3 heteroatoms. The predicted molar refractivity (Wildman–Crippen MR) is 85.0 cm³/mol. The summed E-state index contributed by atoms with van der Waals surface area (Å²) in [6, 6.07) is 16.0. The van der Waals surface area contributed by atoms with Gasteiger partial charge >= 0.3 is 0 Å². The van der Waals surface area contributed by atoms with E-state index in [9.17, 15) is 0 Å². The van der Waals surface area contributed by atoms with Gasteiger partial charge in [0, 0.05) is 11.3 Å². The summed E-state index contributed by atoms with van der Waals surface area (Å²) in [5, 5.41) is 7.44. The summed E-state index contributed by atoms with van der Waals surface area (Å²) < 4.78 is 0. The van der Waals surface area contributed by atoms with Gasteiger partial charge in [-0.1, -0.05) is 30.3 Å². The number of hydrogen-bond donors (Lipinski definition) is 3. The van der Waals surface area contributed by atoms with Gasteiger partial charge in [0.2, 0.25) is 0 Å². The zero-order chi connectivity index (χ0) is 14.4. The van der Waals surface area contributed by atoms with Gasteiger partial charge in [-0.05, 0) is 55.0 Å². The molecule has 0 bridgehead atoms. The van der Waals surface area contributed by atoms with E-state index in [4.69, 9.17) is 16.9 Å². The highest BCUT2D eigenvalue weighted by Gasteiger charge is 1.99. The van der Waals surface area contributed by atoms with Crippen LogP contribution in [0.15, 0.2) is 48.5 Å². The van der Waals surface area contributed by atoms with E-state index in [0.29, 0.717) is 0 Å². The van der Waals surface area contributed by atoms with E-state index in [1.165, 1.54) is 11.1 Å². The molecule has 0 saturated carbocycles. The number of amidine groups is 1. The predicted octanol–water partition coefficient (Wildman–Crippen LogP) is 3.12. The van der Waals surface area contributed by atoms with Crippen molar-refractivity contribution in [2.45, 2.75) is 25.7 Å². The molecule has 20 heavy (non-hydrogen) atoms. The van der Waals surface area contributed by atoms with E-state index in [2.05, 4.69) is 18.2 Å². The van der Waals surface area contributed by atoms with Crippen LogP contribution >= 0.6 is 0 Å². The van der Waals surface area contributed by atoms with Crippen LogP contribution in [0.1, 0.15) is 29.5 Å². The zero-order valence-corrected chi connectivity index (χ0v) is 11.6. The van der Waals surface area contributed by atoms with Gasteiger partial charge in [-0.2, -0.15) is 0 Å². The Labute approximate surface area is 120 Å². The molecule has 0 heterocycles. The first-order chi connectivity index (χ1) is 9.65. The Morgan fingerprint density at radius 3 is 2.20 bits per heavy atom. The van der Waals surface area contributed by atoms with Crippen molar-refractivity contribution in [2.24, 2.45) is 5.73 Å². The zero-order valence-electron chi connectivity index (χ0n) is 11.6. The first kappa shape index (κ1) is 14.1. The van der Waals surface area contributed by atoms with E-state index < -0.39 is 0 Å². The number of benzene rings is 2. The molecular formula is C17H21N3. The van der Waals surface area contributed by atoms with Gasteiger partial charge in [-0.15, -0.1) is 0 Å². The van der Waals surface area contributed by atoms with Gasteiger partial charge in [0.05, 0.1) is 0 Å². The second-order valence-electron chi connectivity index (χ2n) is 5.06. The van der Waals surface area contributed by atoms with Gasteiger partial charge in [-0.25, -0.2) is 0 Å². The molecule has 2 rings (SSSR count). The van der Waals surface area contributed by atoms with Crippen molar-refractivity contribution in [3.63, 3.8) is 0 Å². The second kappa shape index (κ2) is 6.75. The normalized spacial score (nSPS) is 10.4. The van der Waals surface area contributed by atoms with Gasteiger partial charge in [0.1, 0.15) is 5.84 Å². The molecular weight excluding hydrogens is 246 g/mol. The maximum atomic E-state index is 7.44. The van der Waals surface area contributed by atoms with Crippen molar-refractivity contribution >= 4 is 11.5 Å². The molecule has 0 spiro atoms. The summed E-state index contributed by atoms with van der Waals surface area (Å²) in [4.78, 5) is 0. The number of nitrogens with two attached hydrogens (primary N) is 2. The molecule has 0 aliphatic carbocycles. The topological polar surface area (TPSA) is 75.9 Å². The Hall–Kier alpha value is -2.29. The lowest BCUT2D eigenvalue weighted by molar-refractivity contribution is 0.734. The van der Waals surface area contributed by atoms with Crippen LogP contribution in [0.25, 0.3) is 0 Å². The van der Waals surface area contributed by atoms with Crippen molar-refractivity contribution in [1.29, 1.82) is 5.41 Å². The van der Waals surface area contributed by atoms with E-state index in [1.807, 2.05) is 30.3 Å². The number of nitrogen functional groups attached to an aromatic ring is 2. The molecule has 5 N–H and O–H groups in total. The molecule has 0 saturated heterocycles. The summed E-state index contributed by atoms with van der Waals surface area (Å²) in [5.74, 6) is 0.133. The van der Waals surface area contributed by atoms with Crippen LogP contribution < -0.4 is 11.5 Å². The number of aryl methyl sites for hydroxylation is 2. The molecule has 0 aromatic heterocycles. The highest BCUT2D eigenvalue weighted by atomic mass is 14.7. The van der Waals surface area contributed by atoms with Gasteiger partial charge in [0.15, 0.2) is 0 Å². The molecule has 2 aromatic carbocycles. The highest BCUT2D eigenvalue weighted by molar-refractivity contribution is 5.95. The number of nitrogens with one attached hydrogen (secondary N) is 1. The van der Waals surface area contributed by atoms with Crippen LogP contribution in [0.5, 0.6) is 0 Å². The minimum Gasteiger partial charge on any atom is -0.399 e. The minimum atomic E-state index is 0.133. The van der Waals surface area contributed by atoms with E-state index >= 15 is 0 Å². The van der Waals surface area contributed by atoms with Crippen LogP contribution in [0.2, 0.25) is 0 Å². The Balaban J connectivity index is 1.79. The summed E-state index contributed by atoms with van der Waals surface area (Å²) in [7, 11) is 0. The molecule has 0 atom stereocenters. The van der Waals surface area contributed by atoms with Crippen LogP contribution in [-0.2, 0) is 12.8 Å². The highest BCUT2D eigenvalue weighted by Crippen LogP contribution is 2.12. The van der Waals surface area contributed by atoms with Gasteiger partial charge in [-0.3, -0.25) is 5.41 Å². The number of rotatable bonds is 6. The van der Waals surface area contributed by atoms with E-state index in [0.717, 1.165) is 36.9 Å². The third-order valence-electron chi connectivity index (χ3n) is 3.40. The van der Waals surface area contributed by atoms with Crippen LogP contribution in [0.4, 0.5) is 5.69 Å². The number of anilines is 1. The lowest BCUT2D eigenvalue weighted by Crippen LogP contribution is -2.11. The monoisotopic (exact) mass is 267 g/mol. The Morgan fingerprint density at radius 2 is 1.55 bits per heavy atom. The fraction of sp³-hybridized carbons (Fsp3) is 0.235. The summed E-state index contributed by atoms with van der Waals surface area (Å²) in [6.45, 7) is 0. The van der Waals surface area contributed by atoms with Crippen molar-refractivity contribution in [2.75, 3.05) is 5.73 Å². The molecule has 104 valence electrons. The lowest BCUT2D eigenvalue weighted by atomic mass is 10.0. The second-order valence-corrected chi connectivity index (χ2v) is 5.06. The third-order valence-corrected chi connectivity index (χ3v) is 3.40. The fourth-order valence-electron chi connectivity index (χ4n) is 2.24. The maximum Gasteiger partial charge on any atom is 0.122 e. The average Bonchev–Trinajstić information content (AvgIpc) is 2.46. The molecule has 0 fully saturated rings. The fourth-order valence-corrected chi connectivity index (χ4v) is 2.24. The average molecular weight is 267 g/mol. The van der Waals surface area contributed by atoms with Crippen LogP contribution in [-0.4, -0.2) is 5.84 Å². The molecule has 0 aliphatic rings. The Bertz CT molecular complexity index is 573. The molecule has 2 aromatic rings. The van der Waals surface area contributed by atoms with E-state index in [-0.39, 0.29) is 5.84 Å². The molecule has 0 aliphatic heterocycles. The summed E-state index contributed by atoms with van der Waals surface area (Å²) in [6.07, 6.45) is 4.38. The molecule has 0 radical (unpaired) electrons. The Kier molecular flexibility index (Phi) is 4.77. The quantitative estimate of drug-likeness (QED) is 0.325. The first-order valence-corrected chi connectivity index (χ1v) is 6.93. The van der Waals surface area contributed by atoms with Crippen LogP contribution in [0, 0.1) is 5.41 Å². The van der Waals surface area contributed by atoms with Crippen molar-refractivity contribution in [3.8, 4) is 0 Å². The van der Waals surface area contributed by atoms with Crippen molar-refractivity contribution in [1.82, 2.24) is 0 Å².